The maximum Gasteiger partial charge on any atom is 0.295 e. The smallest absolute Gasteiger partial charge is 0.295 e. The third-order valence-electron chi connectivity index (χ3n) is 5.79. The highest BCUT2D eigenvalue weighted by Crippen LogP contribution is 2.39. The summed E-state index contributed by atoms with van der Waals surface area (Å²) in [6.07, 6.45) is 4.95. The Morgan fingerprint density at radius 2 is 1.72 bits per heavy atom. The molecule has 5 heteroatoms. The summed E-state index contributed by atoms with van der Waals surface area (Å²) in [7, 11) is 0. The molecule has 0 aliphatic carbocycles. The Bertz CT molecular complexity index is 977. The van der Waals surface area contributed by atoms with Crippen LogP contribution in [-0.4, -0.2) is 34.8 Å². The summed E-state index contributed by atoms with van der Waals surface area (Å²) in [4.78, 5) is 27.5. The summed E-state index contributed by atoms with van der Waals surface area (Å²) in [5, 5.41) is 11.1. The Morgan fingerprint density at radius 1 is 1.00 bits per heavy atom. The number of carbonyl (C=O) groups excluding carboxylic acids is 2. The molecule has 1 heterocycles. The van der Waals surface area contributed by atoms with E-state index in [1.54, 1.807) is 29.2 Å². The average Bonchev–Trinajstić information content (AvgIpc) is 3.05. The molecule has 170 valence electrons. The molecule has 0 saturated carbocycles. The minimum Gasteiger partial charge on any atom is -0.507 e. The summed E-state index contributed by atoms with van der Waals surface area (Å²) in [5.41, 5.74) is 2.51. The average molecular weight is 436 g/mol. The number of likely N-dealkylation sites (tertiary alicyclic amines) is 1. The van der Waals surface area contributed by atoms with Crippen LogP contribution in [0.1, 0.15) is 68.7 Å². The van der Waals surface area contributed by atoms with Gasteiger partial charge in [0, 0.05) is 12.1 Å². The van der Waals surface area contributed by atoms with Crippen molar-refractivity contribution in [2.75, 3.05) is 13.2 Å². The summed E-state index contributed by atoms with van der Waals surface area (Å²) in [5.74, 6) is -0.616. The zero-order chi connectivity index (χ0) is 23.1. The number of hydrogen-bond donors (Lipinski definition) is 1. The largest absolute Gasteiger partial charge is 0.507 e. The molecule has 0 aromatic heterocycles. The van der Waals surface area contributed by atoms with Crippen LogP contribution in [0.4, 0.5) is 0 Å². The van der Waals surface area contributed by atoms with Gasteiger partial charge in [-0.3, -0.25) is 9.59 Å². The molecule has 1 atom stereocenters. The van der Waals surface area contributed by atoms with E-state index < -0.39 is 17.7 Å². The molecule has 1 aliphatic heterocycles. The van der Waals surface area contributed by atoms with Crippen LogP contribution in [0.25, 0.3) is 5.76 Å². The van der Waals surface area contributed by atoms with Crippen molar-refractivity contribution in [3.05, 3.63) is 70.8 Å². The first-order valence-electron chi connectivity index (χ1n) is 11.6. The number of hydrogen-bond acceptors (Lipinski definition) is 4. The normalized spacial score (nSPS) is 17.7. The third kappa shape index (κ3) is 5.21. The molecule has 2 aromatic rings. The second-order valence-electron chi connectivity index (χ2n) is 8.34. The molecule has 0 radical (unpaired) electrons. The highest BCUT2D eigenvalue weighted by molar-refractivity contribution is 6.46. The fourth-order valence-electron chi connectivity index (χ4n) is 4.03. The molecular formula is C27H33NO4. The van der Waals surface area contributed by atoms with Crippen LogP contribution in [0.3, 0.4) is 0 Å². The minimum absolute atomic E-state index is 0.147. The number of aryl methyl sites for hydroxylation is 1. The van der Waals surface area contributed by atoms with Crippen LogP contribution >= 0.6 is 0 Å². The second-order valence-corrected chi connectivity index (χ2v) is 8.34. The summed E-state index contributed by atoms with van der Waals surface area (Å²) in [6, 6.07) is 14.2. The van der Waals surface area contributed by atoms with E-state index in [9.17, 15) is 14.7 Å². The third-order valence-corrected chi connectivity index (χ3v) is 5.79. The Morgan fingerprint density at radius 3 is 2.38 bits per heavy atom. The Kier molecular flexibility index (Phi) is 8.09. The van der Waals surface area contributed by atoms with Gasteiger partial charge in [-0.05, 0) is 49.6 Å². The first kappa shape index (κ1) is 23.6. The van der Waals surface area contributed by atoms with Gasteiger partial charge in [0.15, 0.2) is 0 Å². The molecule has 1 aliphatic rings. The Hall–Kier alpha value is -3.08. The van der Waals surface area contributed by atoms with Crippen molar-refractivity contribution in [3.8, 4) is 5.75 Å². The van der Waals surface area contributed by atoms with E-state index >= 15 is 0 Å². The topological polar surface area (TPSA) is 66.8 Å². The lowest BCUT2D eigenvalue weighted by Gasteiger charge is -2.25. The van der Waals surface area contributed by atoms with Crippen molar-refractivity contribution >= 4 is 17.4 Å². The second kappa shape index (κ2) is 11.0. The molecule has 32 heavy (non-hydrogen) atoms. The molecule has 1 saturated heterocycles. The van der Waals surface area contributed by atoms with E-state index in [1.165, 1.54) is 0 Å². The first-order valence-corrected chi connectivity index (χ1v) is 11.6. The van der Waals surface area contributed by atoms with E-state index in [4.69, 9.17) is 4.74 Å². The highest BCUT2D eigenvalue weighted by Gasteiger charge is 2.45. The van der Waals surface area contributed by atoms with Gasteiger partial charge in [0.05, 0.1) is 18.2 Å². The monoisotopic (exact) mass is 435 g/mol. The van der Waals surface area contributed by atoms with Gasteiger partial charge in [0.25, 0.3) is 11.7 Å². The van der Waals surface area contributed by atoms with Gasteiger partial charge in [0.1, 0.15) is 11.5 Å². The first-order chi connectivity index (χ1) is 15.5. The number of rotatable bonds is 10. The fraction of sp³-hybridized carbons (Fsp3) is 0.407. The highest BCUT2D eigenvalue weighted by atomic mass is 16.5. The molecule has 2 aromatic carbocycles. The van der Waals surface area contributed by atoms with E-state index in [0.29, 0.717) is 18.7 Å². The number of ketones is 1. The summed E-state index contributed by atoms with van der Waals surface area (Å²) < 4.78 is 5.74. The van der Waals surface area contributed by atoms with Crippen molar-refractivity contribution in [1.82, 2.24) is 4.90 Å². The van der Waals surface area contributed by atoms with Crippen molar-refractivity contribution in [2.45, 2.75) is 58.9 Å². The van der Waals surface area contributed by atoms with Gasteiger partial charge in [0.2, 0.25) is 0 Å². The fourth-order valence-corrected chi connectivity index (χ4v) is 4.03. The molecule has 1 N–H and O–H groups in total. The molecular weight excluding hydrogens is 402 g/mol. The quantitative estimate of drug-likeness (QED) is 0.222. The zero-order valence-electron chi connectivity index (χ0n) is 19.3. The number of unbranched alkanes of at least 4 members (excludes halogenated alkanes) is 3. The minimum atomic E-state index is -0.634. The van der Waals surface area contributed by atoms with Crippen LogP contribution < -0.4 is 4.74 Å². The number of Topliss-reactive ketones (excluding diaryl/α,β-unsaturated/α-hetero) is 1. The maximum atomic E-state index is 13.0. The van der Waals surface area contributed by atoms with E-state index in [1.807, 2.05) is 38.1 Å². The van der Waals surface area contributed by atoms with Gasteiger partial charge in [-0.2, -0.15) is 0 Å². The van der Waals surface area contributed by atoms with Gasteiger partial charge >= 0.3 is 0 Å². The molecule has 0 bridgehead atoms. The lowest BCUT2D eigenvalue weighted by molar-refractivity contribution is -0.139. The molecule has 3 rings (SSSR count). The molecule has 1 fully saturated rings. The number of amides is 1. The van der Waals surface area contributed by atoms with Crippen molar-refractivity contribution < 1.29 is 19.4 Å². The lowest BCUT2D eigenvalue weighted by Crippen LogP contribution is -2.30. The van der Waals surface area contributed by atoms with Gasteiger partial charge in [-0.25, -0.2) is 0 Å². The van der Waals surface area contributed by atoms with Gasteiger partial charge in [-0.15, -0.1) is 0 Å². The number of ether oxygens (including phenoxy) is 1. The predicted octanol–water partition coefficient (Wildman–Crippen LogP) is 5.79. The molecule has 5 nitrogen and oxygen atoms in total. The Balaban J connectivity index is 1.96. The maximum absolute atomic E-state index is 13.0. The van der Waals surface area contributed by atoms with Crippen LogP contribution in [0.2, 0.25) is 0 Å². The van der Waals surface area contributed by atoms with Gasteiger partial charge < -0.3 is 14.7 Å². The van der Waals surface area contributed by atoms with Crippen LogP contribution in [0.5, 0.6) is 5.75 Å². The summed E-state index contributed by atoms with van der Waals surface area (Å²) in [6.45, 7) is 7.29. The number of aliphatic hydroxyl groups is 1. The van der Waals surface area contributed by atoms with Gasteiger partial charge in [-0.1, -0.05) is 62.9 Å². The van der Waals surface area contributed by atoms with Crippen LogP contribution in [0.15, 0.2) is 54.1 Å². The standard InChI is InChI=1S/C27H33NO4/c1-4-6-8-17-32-22-14-12-20(13-15-22)25(29)23-24(21-11-9-10-19(3)18-21)28(16-7-5-2)27(31)26(23)30/h9-15,18,24,29H,4-8,16-17H2,1-3H3/b25-23-. The molecule has 1 unspecified atom stereocenters. The summed E-state index contributed by atoms with van der Waals surface area (Å²) >= 11 is 0. The van der Waals surface area contributed by atoms with Crippen molar-refractivity contribution in [3.63, 3.8) is 0 Å². The van der Waals surface area contributed by atoms with E-state index in [-0.39, 0.29) is 11.3 Å². The lowest BCUT2D eigenvalue weighted by atomic mass is 9.94. The Labute approximate surface area is 190 Å². The van der Waals surface area contributed by atoms with E-state index in [2.05, 4.69) is 6.92 Å². The zero-order valence-corrected chi connectivity index (χ0v) is 19.3. The van der Waals surface area contributed by atoms with Crippen molar-refractivity contribution in [1.29, 1.82) is 0 Å². The number of nitrogens with zero attached hydrogens (tertiary/aromatic N) is 1. The van der Waals surface area contributed by atoms with Crippen LogP contribution in [-0.2, 0) is 9.59 Å². The molecule has 0 spiro atoms. The molecule has 1 amide bonds. The predicted molar refractivity (Wildman–Crippen MR) is 127 cm³/mol. The van der Waals surface area contributed by atoms with Crippen molar-refractivity contribution in [2.24, 2.45) is 0 Å². The van der Waals surface area contributed by atoms with Crippen LogP contribution in [0, 0.1) is 6.92 Å². The van der Waals surface area contributed by atoms with E-state index in [0.717, 1.165) is 49.0 Å². The number of benzene rings is 2. The SMILES string of the molecule is CCCCCOc1ccc(/C(O)=C2/C(=O)C(=O)N(CCCC)C2c2cccc(C)c2)cc1. The number of carbonyl (C=O) groups is 2. The number of aliphatic hydroxyl groups excluding tert-OH is 1.